The van der Waals surface area contributed by atoms with Crippen LogP contribution in [0.15, 0.2) is 24.3 Å². The molecule has 1 heterocycles. The molecule has 0 bridgehead atoms. The second-order valence-corrected chi connectivity index (χ2v) is 5.10. The highest BCUT2D eigenvalue weighted by molar-refractivity contribution is 5.78. The summed E-state index contributed by atoms with van der Waals surface area (Å²) in [7, 11) is 0. The van der Waals surface area contributed by atoms with Crippen LogP contribution in [0.2, 0.25) is 0 Å². The predicted molar refractivity (Wildman–Crippen MR) is 78.8 cm³/mol. The number of ether oxygens (including phenoxy) is 1. The van der Waals surface area contributed by atoms with E-state index >= 15 is 0 Å². The molecule has 2 aromatic rings. The van der Waals surface area contributed by atoms with Gasteiger partial charge in [0.25, 0.3) is 0 Å². The molecule has 23 heavy (non-hydrogen) atoms. The van der Waals surface area contributed by atoms with Crippen molar-refractivity contribution in [1.29, 1.82) is 0 Å². The van der Waals surface area contributed by atoms with Crippen molar-refractivity contribution in [2.75, 3.05) is 13.2 Å². The van der Waals surface area contributed by atoms with Crippen molar-refractivity contribution in [2.24, 2.45) is 0 Å². The number of aromatic nitrogens is 2. The molecule has 8 heteroatoms. The third-order valence-corrected chi connectivity index (χ3v) is 3.26. The van der Waals surface area contributed by atoms with Gasteiger partial charge < -0.3 is 14.6 Å². The molecule has 2 rings (SSSR count). The minimum Gasteiger partial charge on any atom is -0.362 e. The molecule has 0 spiro atoms. The first-order valence-electron chi connectivity index (χ1n) is 7.21. The average molecular weight is 329 g/mol. The molecule has 0 aliphatic carbocycles. The fourth-order valence-corrected chi connectivity index (χ4v) is 2.36. The smallest absolute Gasteiger partial charge is 0.362 e. The Kier molecular flexibility index (Phi) is 5.25. The molecule has 0 aliphatic heterocycles. The Morgan fingerprint density at radius 1 is 1.39 bits per heavy atom. The number of halogens is 3. The summed E-state index contributed by atoms with van der Waals surface area (Å²) < 4.78 is 42.2. The van der Waals surface area contributed by atoms with E-state index in [1.165, 1.54) is 0 Å². The highest BCUT2D eigenvalue weighted by Crippen LogP contribution is 2.20. The van der Waals surface area contributed by atoms with E-state index in [1.807, 2.05) is 35.8 Å². The third-order valence-electron chi connectivity index (χ3n) is 3.26. The Hall–Kier alpha value is -2.09. The normalized spacial score (nSPS) is 13.3. The van der Waals surface area contributed by atoms with Gasteiger partial charge in [-0.15, -0.1) is 0 Å². The fraction of sp³-hybridized carbons (Fsp3) is 0.467. The number of aryl methyl sites for hydroxylation is 1. The lowest BCUT2D eigenvalue weighted by atomic mass is 10.3. The van der Waals surface area contributed by atoms with Gasteiger partial charge in [-0.1, -0.05) is 12.1 Å². The van der Waals surface area contributed by atoms with Gasteiger partial charge in [0.2, 0.25) is 5.91 Å². The van der Waals surface area contributed by atoms with Gasteiger partial charge in [0.15, 0.2) is 0 Å². The van der Waals surface area contributed by atoms with Gasteiger partial charge in [0.1, 0.15) is 19.0 Å². The molecule has 0 saturated heterocycles. The molecular formula is C15H18F3N3O2. The Morgan fingerprint density at radius 2 is 2.09 bits per heavy atom. The monoisotopic (exact) mass is 329 g/mol. The zero-order valence-corrected chi connectivity index (χ0v) is 12.9. The van der Waals surface area contributed by atoms with Crippen LogP contribution in [0.4, 0.5) is 13.2 Å². The molecule has 0 unspecified atom stereocenters. The highest BCUT2D eigenvalue weighted by atomic mass is 19.4. The Bertz CT molecular complexity index is 682. The van der Waals surface area contributed by atoms with E-state index in [-0.39, 0.29) is 0 Å². The molecule has 5 nitrogen and oxygen atoms in total. The average Bonchev–Trinajstić information content (AvgIpc) is 2.84. The highest BCUT2D eigenvalue weighted by Gasteiger charge is 2.28. The van der Waals surface area contributed by atoms with E-state index in [0.29, 0.717) is 12.4 Å². The van der Waals surface area contributed by atoms with Gasteiger partial charge in [-0.05, 0) is 26.0 Å². The second-order valence-electron chi connectivity index (χ2n) is 5.10. The summed E-state index contributed by atoms with van der Waals surface area (Å²) in [6.45, 7) is 2.27. The lowest BCUT2D eigenvalue weighted by molar-refractivity contribution is -0.175. The van der Waals surface area contributed by atoms with Crippen molar-refractivity contribution in [3.8, 4) is 0 Å². The minimum atomic E-state index is -4.44. The molecule has 1 aromatic heterocycles. The summed E-state index contributed by atoms with van der Waals surface area (Å²) in [5.74, 6) is 0.0364. The number of alkyl halides is 3. The van der Waals surface area contributed by atoms with E-state index in [4.69, 9.17) is 0 Å². The molecule has 1 aromatic carbocycles. The van der Waals surface area contributed by atoms with Gasteiger partial charge in [-0.25, -0.2) is 4.98 Å². The van der Waals surface area contributed by atoms with Crippen LogP contribution in [0.1, 0.15) is 25.7 Å². The van der Waals surface area contributed by atoms with E-state index in [2.05, 4.69) is 15.0 Å². The summed E-state index contributed by atoms with van der Waals surface area (Å²) >= 11 is 0. The Balaban J connectivity index is 2.03. The van der Waals surface area contributed by atoms with Crippen LogP contribution in [0.3, 0.4) is 0 Å². The first-order chi connectivity index (χ1) is 10.8. The Morgan fingerprint density at radius 3 is 2.74 bits per heavy atom. The summed E-state index contributed by atoms with van der Waals surface area (Å²) in [4.78, 5) is 16.2. The molecule has 126 valence electrons. The molecule has 0 saturated carbocycles. The topological polar surface area (TPSA) is 56.2 Å². The van der Waals surface area contributed by atoms with Crippen molar-refractivity contribution < 1.29 is 22.7 Å². The van der Waals surface area contributed by atoms with Gasteiger partial charge in [0, 0.05) is 6.54 Å². The van der Waals surface area contributed by atoms with Gasteiger partial charge in [0.05, 0.1) is 17.1 Å². The number of benzene rings is 1. The zero-order valence-electron chi connectivity index (χ0n) is 12.9. The summed E-state index contributed by atoms with van der Waals surface area (Å²) in [5.41, 5.74) is 1.75. The zero-order chi connectivity index (χ0) is 17.0. The minimum absolute atomic E-state index is 0.440. The van der Waals surface area contributed by atoms with Crippen LogP contribution in [-0.4, -0.2) is 34.8 Å². The van der Waals surface area contributed by atoms with E-state index in [0.717, 1.165) is 11.0 Å². The van der Waals surface area contributed by atoms with Crippen molar-refractivity contribution >= 4 is 16.9 Å². The number of fused-ring (bicyclic) bond motifs is 1. The number of amides is 1. The lowest BCUT2D eigenvalue weighted by Gasteiger charge is -2.15. The molecular weight excluding hydrogens is 311 g/mol. The number of nitrogens with one attached hydrogen (secondary N) is 1. The van der Waals surface area contributed by atoms with Crippen LogP contribution in [-0.2, 0) is 16.1 Å². The standard InChI is InChI=1S/C15H18F3N3O2/c1-3-21-12-7-5-4-6-11(12)20-14(21)10(2)19-13(22)8-23-9-15(16,17)18/h4-7,10H,3,8-9H2,1-2H3,(H,19,22)/t10-/m1/s1. The summed E-state index contributed by atoms with van der Waals surface area (Å²) in [5, 5.41) is 2.60. The number of hydrogen-bond donors (Lipinski definition) is 1. The van der Waals surface area contributed by atoms with Crippen LogP contribution < -0.4 is 5.32 Å². The maximum atomic E-state index is 12.0. The summed E-state index contributed by atoms with van der Waals surface area (Å²) in [6, 6.07) is 7.12. The number of hydrogen-bond acceptors (Lipinski definition) is 3. The maximum absolute atomic E-state index is 12.0. The van der Waals surface area contributed by atoms with Crippen molar-refractivity contribution in [2.45, 2.75) is 32.6 Å². The molecule has 1 N–H and O–H groups in total. The predicted octanol–water partition coefficient (Wildman–Crippen LogP) is 2.81. The number of carbonyl (C=O) groups excluding carboxylic acids is 1. The SMILES string of the molecule is CCn1c([C@@H](C)NC(=O)COCC(F)(F)F)nc2ccccc21. The van der Waals surface area contributed by atoms with E-state index < -0.39 is 31.3 Å². The molecule has 1 amide bonds. The van der Waals surface area contributed by atoms with Gasteiger partial charge in [-0.2, -0.15) is 13.2 Å². The van der Waals surface area contributed by atoms with Gasteiger partial charge in [-0.3, -0.25) is 4.79 Å². The molecule has 0 fully saturated rings. The first kappa shape index (κ1) is 17.3. The third kappa shape index (κ3) is 4.44. The molecule has 0 radical (unpaired) electrons. The summed E-state index contributed by atoms with van der Waals surface area (Å²) in [6.07, 6.45) is -4.44. The molecule has 0 aliphatic rings. The number of nitrogens with zero attached hydrogens (tertiary/aromatic N) is 2. The van der Waals surface area contributed by atoms with Crippen LogP contribution >= 0.6 is 0 Å². The quantitative estimate of drug-likeness (QED) is 0.887. The number of rotatable bonds is 6. The van der Waals surface area contributed by atoms with Crippen LogP contribution in [0, 0.1) is 0 Å². The van der Waals surface area contributed by atoms with Crippen LogP contribution in [0.25, 0.3) is 11.0 Å². The first-order valence-corrected chi connectivity index (χ1v) is 7.21. The lowest BCUT2D eigenvalue weighted by Crippen LogP contribution is -2.33. The Labute approximate surface area is 131 Å². The van der Waals surface area contributed by atoms with Crippen molar-refractivity contribution in [3.63, 3.8) is 0 Å². The number of para-hydroxylation sites is 2. The fourth-order valence-electron chi connectivity index (χ4n) is 2.36. The van der Waals surface area contributed by atoms with Gasteiger partial charge >= 0.3 is 6.18 Å². The molecule has 1 atom stereocenters. The van der Waals surface area contributed by atoms with E-state index in [1.54, 1.807) is 6.92 Å². The maximum Gasteiger partial charge on any atom is 0.411 e. The number of imidazole rings is 1. The van der Waals surface area contributed by atoms with E-state index in [9.17, 15) is 18.0 Å². The van der Waals surface area contributed by atoms with Crippen molar-refractivity contribution in [3.05, 3.63) is 30.1 Å². The van der Waals surface area contributed by atoms with Crippen LogP contribution in [0.5, 0.6) is 0 Å². The number of carbonyl (C=O) groups is 1. The largest absolute Gasteiger partial charge is 0.411 e. The van der Waals surface area contributed by atoms with Crippen molar-refractivity contribution in [1.82, 2.24) is 14.9 Å². The second kappa shape index (κ2) is 6.99.